The molecule has 0 atom stereocenters. The summed E-state index contributed by atoms with van der Waals surface area (Å²) in [6.45, 7) is 0. The molecule has 0 aliphatic heterocycles. The van der Waals surface area contributed by atoms with Gasteiger partial charge in [-0.3, -0.25) is 4.57 Å². The van der Waals surface area contributed by atoms with E-state index < -0.39 is 0 Å². The van der Waals surface area contributed by atoms with Crippen LogP contribution in [0, 0.1) is 6.07 Å². The summed E-state index contributed by atoms with van der Waals surface area (Å²) in [5, 5.41) is 0. The maximum absolute atomic E-state index is 4.86. The van der Waals surface area contributed by atoms with Crippen LogP contribution in [-0.4, -0.2) is 23.6 Å². The molecule has 0 saturated heterocycles. The van der Waals surface area contributed by atoms with E-state index in [1.54, 1.807) is 0 Å². The first-order chi connectivity index (χ1) is 12.2. The Morgan fingerprint density at radius 1 is 0.960 bits per heavy atom. The molecule has 4 aromatic rings. The first-order valence-corrected chi connectivity index (χ1v) is 8.41. The van der Waals surface area contributed by atoms with Crippen molar-refractivity contribution in [3.63, 3.8) is 0 Å². The van der Waals surface area contributed by atoms with Gasteiger partial charge in [-0.15, -0.1) is 0 Å². The van der Waals surface area contributed by atoms with Gasteiger partial charge in [0.15, 0.2) is 0 Å². The van der Waals surface area contributed by atoms with Gasteiger partial charge in [-0.25, -0.2) is 4.98 Å². The van der Waals surface area contributed by atoms with E-state index in [0.29, 0.717) is 0 Å². The summed E-state index contributed by atoms with van der Waals surface area (Å²) in [7, 11) is 4.11. The molecule has 4 rings (SSSR count). The predicted octanol–water partition coefficient (Wildman–Crippen LogP) is 4.48. The van der Waals surface area contributed by atoms with Gasteiger partial charge in [-0.05, 0) is 48.0 Å². The lowest BCUT2D eigenvalue weighted by Gasteiger charge is -2.13. The molecule has 3 heteroatoms. The second kappa shape index (κ2) is 6.44. The van der Waals surface area contributed by atoms with Gasteiger partial charge in [0, 0.05) is 31.9 Å². The molecule has 0 N–H and O–H groups in total. The maximum Gasteiger partial charge on any atom is 0.118 e. The van der Waals surface area contributed by atoms with Crippen molar-refractivity contribution in [2.45, 2.75) is 6.42 Å². The molecule has 0 amide bonds. The smallest absolute Gasteiger partial charge is 0.118 e. The summed E-state index contributed by atoms with van der Waals surface area (Å²) in [6, 6.07) is 28.2. The molecule has 0 aliphatic rings. The van der Waals surface area contributed by atoms with Crippen LogP contribution in [0.5, 0.6) is 0 Å². The molecular formula is C22H20N3. The number of imidazole rings is 1. The van der Waals surface area contributed by atoms with E-state index in [4.69, 9.17) is 4.98 Å². The predicted molar refractivity (Wildman–Crippen MR) is 103 cm³/mol. The molecule has 1 aromatic heterocycles. The molecule has 3 nitrogen and oxygen atoms in total. The van der Waals surface area contributed by atoms with Crippen molar-refractivity contribution >= 4 is 16.7 Å². The fourth-order valence-corrected chi connectivity index (χ4v) is 3.10. The summed E-state index contributed by atoms with van der Waals surface area (Å²) in [5.41, 5.74) is 5.68. The van der Waals surface area contributed by atoms with Crippen LogP contribution < -0.4 is 4.90 Å². The maximum atomic E-state index is 4.86. The number of hydrogen-bond acceptors (Lipinski definition) is 2. The summed E-state index contributed by atoms with van der Waals surface area (Å²) in [4.78, 5) is 6.97. The highest BCUT2D eigenvalue weighted by Gasteiger charge is 2.12. The van der Waals surface area contributed by atoms with Crippen molar-refractivity contribution < 1.29 is 0 Å². The lowest BCUT2D eigenvalue weighted by molar-refractivity contribution is 0.932. The minimum absolute atomic E-state index is 0.789. The van der Waals surface area contributed by atoms with Crippen LogP contribution in [0.1, 0.15) is 11.4 Å². The molecule has 0 bridgehead atoms. The van der Waals surface area contributed by atoms with Crippen molar-refractivity contribution in [2.24, 2.45) is 0 Å². The molecular weight excluding hydrogens is 306 g/mol. The Hall–Kier alpha value is -3.07. The topological polar surface area (TPSA) is 21.1 Å². The van der Waals surface area contributed by atoms with Crippen molar-refractivity contribution in [1.82, 2.24) is 9.55 Å². The Morgan fingerprint density at radius 2 is 1.72 bits per heavy atom. The first kappa shape index (κ1) is 15.5. The van der Waals surface area contributed by atoms with Gasteiger partial charge < -0.3 is 4.90 Å². The van der Waals surface area contributed by atoms with Crippen LogP contribution >= 0.6 is 0 Å². The minimum atomic E-state index is 0.789. The third-order valence-electron chi connectivity index (χ3n) is 4.40. The second-order valence-electron chi connectivity index (χ2n) is 6.35. The third-order valence-corrected chi connectivity index (χ3v) is 4.40. The van der Waals surface area contributed by atoms with E-state index in [2.05, 4.69) is 84.2 Å². The number of anilines is 1. The van der Waals surface area contributed by atoms with Gasteiger partial charge in [-0.1, -0.05) is 36.4 Å². The number of para-hydroxylation sites is 1. The number of rotatable bonds is 4. The quantitative estimate of drug-likeness (QED) is 0.551. The monoisotopic (exact) mass is 326 g/mol. The van der Waals surface area contributed by atoms with Crippen molar-refractivity contribution in [3.05, 3.63) is 90.3 Å². The molecule has 0 saturated carbocycles. The van der Waals surface area contributed by atoms with Crippen molar-refractivity contribution in [1.29, 1.82) is 0 Å². The van der Waals surface area contributed by atoms with Crippen LogP contribution in [0.2, 0.25) is 0 Å². The van der Waals surface area contributed by atoms with Crippen LogP contribution in [0.4, 0.5) is 5.69 Å². The Kier molecular flexibility index (Phi) is 3.98. The highest BCUT2D eigenvalue weighted by atomic mass is 15.1. The average molecular weight is 326 g/mol. The summed E-state index contributed by atoms with van der Waals surface area (Å²) in [6.07, 6.45) is 0.789. The average Bonchev–Trinajstić information content (AvgIpc) is 3.00. The number of hydrogen-bond donors (Lipinski definition) is 0. The van der Waals surface area contributed by atoms with Gasteiger partial charge in [0.1, 0.15) is 5.82 Å². The molecule has 25 heavy (non-hydrogen) atoms. The SMILES string of the molecule is CN(C)c1ccc(Cc2nc3c[c]ccc3n2-c2ccccc2)cc1. The Bertz CT molecular complexity index is 983. The third kappa shape index (κ3) is 3.01. The number of aromatic nitrogens is 2. The summed E-state index contributed by atoms with van der Waals surface area (Å²) in [5.74, 6) is 1.04. The zero-order valence-electron chi connectivity index (χ0n) is 14.5. The summed E-state index contributed by atoms with van der Waals surface area (Å²) < 4.78 is 2.24. The van der Waals surface area contributed by atoms with E-state index in [0.717, 1.165) is 29.0 Å². The van der Waals surface area contributed by atoms with Gasteiger partial charge in [0.25, 0.3) is 0 Å². The number of nitrogens with zero attached hydrogens (tertiary/aromatic N) is 3. The van der Waals surface area contributed by atoms with Crippen LogP contribution in [0.15, 0.2) is 72.8 Å². The van der Waals surface area contributed by atoms with E-state index >= 15 is 0 Å². The molecule has 0 spiro atoms. The standard InChI is InChI=1S/C22H20N3/c1-24(2)18-14-12-17(13-15-18)16-22-23-20-10-6-7-11-21(20)25(22)19-8-4-3-5-9-19/h3-5,7-15H,16H2,1-2H3. The normalized spacial score (nSPS) is 11.0. The molecule has 1 heterocycles. The lowest BCUT2D eigenvalue weighted by Crippen LogP contribution is -2.08. The van der Waals surface area contributed by atoms with Crippen molar-refractivity contribution in [3.8, 4) is 5.69 Å². The molecule has 3 aromatic carbocycles. The zero-order chi connectivity index (χ0) is 17.2. The Morgan fingerprint density at radius 3 is 2.44 bits per heavy atom. The van der Waals surface area contributed by atoms with E-state index in [1.807, 2.05) is 18.2 Å². The van der Waals surface area contributed by atoms with Gasteiger partial charge >= 0.3 is 0 Å². The Labute approximate surface area is 148 Å². The van der Waals surface area contributed by atoms with Crippen LogP contribution in [0.3, 0.4) is 0 Å². The number of fused-ring (bicyclic) bond motifs is 1. The lowest BCUT2D eigenvalue weighted by atomic mass is 10.1. The molecule has 1 radical (unpaired) electrons. The van der Waals surface area contributed by atoms with Gasteiger partial charge in [0.05, 0.1) is 11.0 Å². The molecule has 123 valence electrons. The highest BCUT2D eigenvalue weighted by molar-refractivity contribution is 5.78. The fourth-order valence-electron chi connectivity index (χ4n) is 3.10. The van der Waals surface area contributed by atoms with E-state index in [-0.39, 0.29) is 0 Å². The molecule has 0 unspecified atom stereocenters. The minimum Gasteiger partial charge on any atom is -0.378 e. The van der Waals surface area contributed by atoms with E-state index in [9.17, 15) is 0 Å². The van der Waals surface area contributed by atoms with Crippen LogP contribution in [0.25, 0.3) is 16.7 Å². The van der Waals surface area contributed by atoms with Crippen LogP contribution in [-0.2, 0) is 6.42 Å². The fraction of sp³-hybridized carbons (Fsp3) is 0.136. The van der Waals surface area contributed by atoms with Gasteiger partial charge in [0.2, 0.25) is 0 Å². The highest BCUT2D eigenvalue weighted by Crippen LogP contribution is 2.23. The number of benzene rings is 3. The molecule has 0 aliphatic carbocycles. The van der Waals surface area contributed by atoms with Gasteiger partial charge in [-0.2, -0.15) is 0 Å². The second-order valence-corrected chi connectivity index (χ2v) is 6.35. The molecule has 0 fully saturated rings. The van der Waals surface area contributed by atoms with E-state index in [1.165, 1.54) is 11.3 Å². The largest absolute Gasteiger partial charge is 0.378 e. The zero-order valence-corrected chi connectivity index (χ0v) is 14.5. The van der Waals surface area contributed by atoms with Crippen molar-refractivity contribution in [2.75, 3.05) is 19.0 Å². The summed E-state index contributed by atoms with van der Waals surface area (Å²) >= 11 is 0. The first-order valence-electron chi connectivity index (χ1n) is 8.41. The Balaban J connectivity index is 1.79.